The number of halogens is 2. The molecule has 0 aliphatic carbocycles. The first-order valence-electron chi connectivity index (χ1n) is 38.5. The molecule has 0 nitrogen and oxygen atoms in total. The Labute approximate surface area is 682 Å². The molecular formula is C88H136B2Br2Fe2P8. The van der Waals surface area contributed by atoms with Crippen molar-refractivity contribution in [3.05, 3.63) is 243 Å². The summed E-state index contributed by atoms with van der Waals surface area (Å²) >= 11 is 0. The van der Waals surface area contributed by atoms with Crippen molar-refractivity contribution in [2.75, 3.05) is 148 Å². The summed E-state index contributed by atoms with van der Waals surface area (Å²) in [6.45, 7) is 37.7. The smallest absolute Gasteiger partial charge is 1.00 e. The zero-order chi connectivity index (χ0) is 71.5. The molecule has 14 heteroatoms. The molecule has 0 atom stereocenters. The van der Waals surface area contributed by atoms with Gasteiger partial charge in [-0.3, -0.25) is 0 Å². The Balaban J connectivity index is 0. The minimum absolute atomic E-state index is 0. The molecule has 0 saturated carbocycles. The number of hydrogen-bond donors (Lipinski definition) is 0. The predicted molar refractivity (Wildman–Crippen MR) is 483 cm³/mol. The van der Waals surface area contributed by atoms with Gasteiger partial charge in [-0.05, 0) is 148 Å². The van der Waals surface area contributed by atoms with E-state index in [0.717, 1.165) is 0 Å². The van der Waals surface area contributed by atoms with Crippen LogP contribution in [0.3, 0.4) is 0 Å². The summed E-state index contributed by atoms with van der Waals surface area (Å²) in [5, 5.41) is 0. The van der Waals surface area contributed by atoms with Crippen molar-refractivity contribution < 1.29 is 68.1 Å². The fourth-order valence-corrected chi connectivity index (χ4v) is 31.4. The van der Waals surface area contributed by atoms with Crippen LogP contribution in [-0.4, -0.2) is 160 Å². The number of benzene rings is 8. The molecule has 0 unspecified atom stereocenters. The van der Waals surface area contributed by atoms with Gasteiger partial charge < -0.3 is 34.0 Å². The summed E-state index contributed by atoms with van der Waals surface area (Å²) in [4.78, 5) is 0. The normalized spacial score (nSPS) is 10.9. The van der Waals surface area contributed by atoms with Gasteiger partial charge in [0.15, 0.2) is 0 Å². The molecule has 0 heterocycles. The summed E-state index contributed by atoms with van der Waals surface area (Å²) in [5.41, 5.74) is 10.7. The third kappa shape index (κ3) is 36.0. The fraction of sp³-hybridized carbons (Fsp3) is 0.455. The average molecular weight is 1730 g/mol. The molecule has 0 radical (unpaired) electrons. The van der Waals surface area contributed by atoms with Gasteiger partial charge in [0, 0.05) is 0 Å². The van der Waals surface area contributed by atoms with Gasteiger partial charge in [-0.25, -0.2) is 0 Å². The van der Waals surface area contributed by atoms with Gasteiger partial charge in [-0.15, -0.1) is 63.4 Å². The maximum absolute atomic E-state index is 2.36. The van der Waals surface area contributed by atoms with E-state index in [0.29, 0.717) is 63.4 Å². The minimum Gasteiger partial charge on any atom is -1.00 e. The van der Waals surface area contributed by atoms with Gasteiger partial charge in [0.25, 0.3) is 0 Å². The molecule has 8 rings (SSSR count). The predicted octanol–water partition coefficient (Wildman–Crippen LogP) is 16.3. The molecule has 102 heavy (non-hydrogen) atoms. The van der Waals surface area contributed by atoms with Crippen LogP contribution in [0.2, 0.25) is 0 Å². The van der Waals surface area contributed by atoms with Crippen LogP contribution in [0.5, 0.6) is 0 Å². The standard InChI is InChI=1S/2C24H20B.4C10H24P2.2BrH.2Fe/c2*1-5-13-21(14-6-1)25(22-15-7-2-8-16-22,23-17-9-3-10-18-23)24-19-11-4-12-20-24;4*1-5-11(6-2)9-10-12(7-3)8-4;;;;/h2*1-20H;4*5-10H2,1-4H3;2*1H;;/q2*-1;;;;;;;2*+2/p-2. The molecule has 0 saturated heterocycles. The molecule has 0 bridgehead atoms. The Morgan fingerprint density at radius 1 is 0.157 bits per heavy atom. The van der Waals surface area contributed by atoms with Crippen molar-refractivity contribution in [3.63, 3.8) is 0 Å². The number of rotatable bonds is 36. The zero-order valence-electron chi connectivity index (χ0n) is 66.3. The van der Waals surface area contributed by atoms with Crippen LogP contribution in [0.15, 0.2) is 243 Å². The van der Waals surface area contributed by atoms with Crippen molar-refractivity contribution in [2.24, 2.45) is 0 Å². The molecule has 0 aliphatic heterocycles. The Bertz CT molecular complexity index is 2420. The Hall–Kier alpha value is -0.671. The van der Waals surface area contributed by atoms with Gasteiger partial charge in [-0.2, -0.15) is 43.7 Å². The van der Waals surface area contributed by atoms with Crippen LogP contribution in [0.4, 0.5) is 0 Å². The summed E-state index contributed by atoms with van der Waals surface area (Å²) < 4.78 is 0. The molecule has 0 aliphatic rings. The molecule has 8 aromatic carbocycles. The van der Waals surface area contributed by atoms with Crippen LogP contribution >= 0.6 is 63.4 Å². The molecule has 0 N–H and O–H groups in total. The Morgan fingerprint density at radius 3 is 0.304 bits per heavy atom. The second kappa shape index (κ2) is 65.1. The van der Waals surface area contributed by atoms with Crippen LogP contribution in [0.25, 0.3) is 0 Å². The summed E-state index contributed by atoms with van der Waals surface area (Å²) in [7, 11) is 3.33. The second-order valence-corrected chi connectivity index (χ2v) is 49.7. The largest absolute Gasteiger partial charge is 2.00 e. The maximum atomic E-state index is 2.36. The molecule has 0 aromatic heterocycles. The van der Waals surface area contributed by atoms with E-state index in [1.165, 1.54) is 142 Å². The second-order valence-electron chi connectivity index (χ2n) is 25.2. The van der Waals surface area contributed by atoms with E-state index in [1.807, 2.05) is 0 Å². The monoisotopic (exact) mass is 1730 g/mol. The summed E-state index contributed by atoms with van der Waals surface area (Å²) in [6.07, 6.45) is 33.1. The van der Waals surface area contributed by atoms with Crippen molar-refractivity contribution in [1.29, 1.82) is 0 Å². The van der Waals surface area contributed by atoms with E-state index >= 15 is 0 Å². The van der Waals surface area contributed by atoms with Crippen molar-refractivity contribution in [3.8, 4) is 0 Å². The zero-order valence-corrected chi connectivity index (χ0v) is 78.8. The quantitative estimate of drug-likeness (QED) is 0.0271. The van der Waals surface area contributed by atoms with Crippen LogP contribution in [-0.2, 0) is 34.1 Å². The van der Waals surface area contributed by atoms with Gasteiger partial charge in [0.2, 0.25) is 0 Å². The van der Waals surface area contributed by atoms with E-state index in [-0.39, 0.29) is 68.1 Å². The molecule has 0 fully saturated rings. The molecule has 564 valence electrons. The van der Waals surface area contributed by atoms with Gasteiger partial charge in [-0.1, -0.05) is 353 Å². The minimum atomic E-state index is -1.22. The van der Waals surface area contributed by atoms with Crippen molar-refractivity contribution in [2.45, 2.75) is 111 Å². The Morgan fingerprint density at radius 2 is 0.235 bits per heavy atom. The van der Waals surface area contributed by atoms with Gasteiger partial charge in [0.1, 0.15) is 12.3 Å². The molecule has 8 aromatic rings. The third-order valence-corrected chi connectivity index (χ3v) is 43.1. The first-order valence-corrected chi connectivity index (χ1v) is 53.7. The summed E-state index contributed by atoms with van der Waals surface area (Å²) in [6, 6.07) is 87.1. The van der Waals surface area contributed by atoms with Crippen molar-refractivity contribution in [1.82, 2.24) is 0 Å². The van der Waals surface area contributed by atoms with Crippen LogP contribution in [0, 0.1) is 0 Å². The molecular weight excluding hydrogens is 1600 g/mol. The van der Waals surface area contributed by atoms with E-state index in [9.17, 15) is 0 Å². The van der Waals surface area contributed by atoms with E-state index in [1.54, 1.807) is 49.3 Å². The third-order valence-electron chi connectivity index (χ3n) is 20.5. The Kier molecular flexibility index (Phi) is 66.0. The van der Waals surface area contributed by atoms with Gasteiger partial charge >= 0.3 is 34.1 Å². The topological polar surface area (TPSA) is 0 Å². The van der Waals surface area contributed by atoms with Crippen molar-refractivity contribution >= 4 is 119 Å². The first-order chi connectivity index (χ1) is 48.0. The SMILES string of the molecule is CCP(CC)CCP(CC)CC.CCP(CC)CCP(CC)CC.CCP(CC)CCP(CC)CC.CCP(CC)CCP(CC)CC.[Br-].[Br-].[Fe+2].[Fe+2].c1ccc([B-](c2ccccc2)(c2ccccc2)c2ccccc2)cc1.c1ccc([B-](c2ccccc2)(c2ccccc2)c2ccccc2)cc1. The molecule has 0 amide bonds. The molecule has 0 spiro atoms. The average Bonchev–Trinajstić information content (AvgIpc) is 0.748. The van der Waals surface area contributed by atoms with E-state index < -0.39 is 12.3 Å². The first kappa shape index (κ1) is 103. The summed E-state index contributed by atoms with van der Waals surface area (Å²) in [5.74, 6) is 0. The van der Waals surface area contributed by atoms with Crippen LogP contribution in [0.1, 0.15) is 111 Å². The van der Waals surface area contributed by atoms with Gasteiger partial charge in [0.05, 0.1) is 0 Å². The van der Waals surface area contributed by atoms with Crippen LogP contribution < -0.4 is 77.7 Å². The number of hydrogen-bond acceptors (Lipinski definition) is 0. The fourth-order valence-electron chi connectivity index (χ4n) is 13.7. The van der Waals surface area contributed by atoms with E-state index in [2.05, 4.69) is 353 Å². The maximum Gasteiger partial charge on any atom is 2.00 e. The van der Waals surface area contributed by atoms with E-state index in [4.69, 9.17) is 0 Å².